The number of hydrogen-bond acceptors (Lipinski definition) is 4. The van der Waals surface area contributed by atoms with Crippen molar-refractivity contribution < 1.29 is 23.9 Å². The van der Waals surface area contributed by atoms with Crippen molar-refractivity contribution in [1.82, 2.24) is 5.32 Å². The summed E-state index contributed by atoms with van der Waals surface area (Å²) < 4.78 is 6.76. The van der Waals surface area contributed by atoms with Crippen molar-refractivity contribution in [2.45, 2.75) is 163 Å². The molecule has 0 saturated carbocycles. The molecule has 0 rings (SSSR count). The molecule has 0 fully saturated rings. The Morgan fingerprint density at radius 3 is 1.84 bits per heavy atom. The lowest BCUT2D eigenvalue weighted by molar-refractivity contribution is -0.892. The maximum atomic E-state index is 13.4. The molecule has 0 bridgehead atoms. The number of rotatable bonds is 30. The van der Waals surface area contributed by atoms with Crippen molar-refractivity contribution in [3.63, 3.8) is 0 Å². The third-order valence-corrected chi connectivity index (χ3v) is 9.41. The normalized spacial score (nSPS) is 15.6. The van der Waals surface area contributed by atoms with E-state index < -0.39 is 12.3 Å². The average molecular weight is 625 g/mol. The van der Waals surface area contributed by atoms with Gasteiger partial charge in [0.05, 0.1) is 33.3 Å². The number of hydrogen-bond donors (Lipinski definition) is 3. The molecule has 44 heavy (non-hydrogen) atoms. The summed E-state index contributed by atoms with van der Waals surface area (Å²) in [6, 6.07) is 0. The SMILES string of the molecule is CCCCCCCC/C=C/CCCCCCCCOC(C)C(O)NC(=O)C(CC(CC)C[N+](C)(C)CC)CC(CC)C(N)=O. The molecule has 0 heterocycles. The topological polar surface area (TPSA) is 102 Å². The Labute approximate surface area is 272 Å². The number of nitrogens with zero attached hydrogens (tertiary/aromatic N) is 1. The van der Waals surface area contributed by atoms with Gasteiger partial charge in [-0.25, -0.2) is 0 Å². The number of nitrogens with one attached hydrogen (secondary N) is 1. The van der Waals surface area contributed by atoms with Crippen LogP contribution in [0.25, 0.3) is 0 Å². The minimum Gasteiger partial charge on any atom is -0.374 e. The maximum Gasteiger partial charge on any atom is 0.225 e. The molecular weight excluding hydrogens is 550 g/mol. The van der Waals surface area contributed by atoms with Gasteiger partial charge in [0.25, 0.3) is 0 Å². The molecule has 0 aliphatic carbocycles. The van der Waals surface area contributed by atoms with Crippen LogP contribution in [0.15, 0.2) is 12.2 Å². The fourth-order valence-corrected chi connectivity index (χ4v) is 5.83. The molecule has 0 aromatic heterocycles. The summed E-state index contributed by atoms with van der Waals surface area (Å²) in [6.45, 7) is 12.9. The lowest BCUT2D eigenvalue weighted by atomic mass is 9.83. The van der Waals surface area contributed by atoms with E-state index >= 15 is 0 Å². The number of allylic oxidation sites excluding steroid dienone is 2. The highest BCUT2D eigenvalue weighted by Gasteiger charge is 2.31. The third-order valence-electron chi connectivity index (χ3n) is 9.41. The summed E-state index contributed by atoms with van der Waals surface area (Å²) in [7, 11) is 4.41. The fourth-order valence-electron chi connectivity index (χ4n) is 5.83. The van der Waals surface area contributed by atoms with Crippen molar-refractivity contribution >= 4 is 11.8 Å². The lowest BCUT2D eigenvalue weighted by Gasteiger charge is -2.34. The molecular formula is C37H74N3O4+. The van der Waals surface area contributed by atoms with Crippen molar-refractivity contribution in [2.75, 3.05) is 33.8 Å². The summed E-state index contributed by atoms with van der Waals surface area (Å²) in [5.74, 6) is -0.981. The Morgan fingerprint density at radius 2 is 1.34 bits per heavy atom. The smallest absolute Gasteiger partial charge is 0.225 e. The Kier molecular flexibility index (Phi) is 25.9. The quantitative estimate of drug-likeness (QED) is 0.0327. The first-order chi connectivity index (χ1) is 21.0. The second kappa shape index (κ2) is 26.7. The molecule has 7 heteroatoms. The summed E-state index contributed by atoms with van der Waals surface area (Å²) >= 11 is 0. The highest BCUT2D eigenvalue weighted by atomic mass is 16.5. The first kappa shape index (κ1) is 42.6. The molecule has 0 saturated heterocycles. The zero-order valence-corrected chi connectivity index (χ0v) is 30.1. The van der Waals surface area contributed by atoms with Crippen molar-refractivity contribution in [2.24, 2.45) is 23.5 Å². The van der Waals surface area contributed by atoms with Gasteiger partial charge in [0.1, 0.15) is 0 Å². The monoisotopic (exact) mass is 625 g/mol. The molecule has 5 unspecified atom stereocenters. The van der Waals surface area contributed by atoms with Crippen LogP contribution in [0.2, 0.25) is 0 Å². The van der Waals surface area contributed by atoms with E-state index in [1.54, 1.807) is 6.92 Å². The van der Waals surface area contributed by atoms with Crippen LogP contribution in [0.3, 0.4) is 0 Å². The van der Waals surface area contributed by atoms with Gasteiger partial charge in [0.2, 0.25) is 11.8 Å². The molecule has 0 aliphatic rings. The summed E-state index contributed by atoms with van der Waals surface area (Å²) in [4.78, 5) is 25.4. The number of carbonyl (C=O) groups excluding carboxylic acids is 2. The number of primary amides is 1. The summed E-state index contributed by atoms with van der Waals surface area (Å²) in [5.41, 5.74) is 5.64. The van der Waals surface area contributed by atoms with E-state index in [0.717, 1.165) is 36.8 Å². The second-order valence-corrected chi connectivity index (χ2v) is 13.9. The Bertz CT molecular complexity index is 742. The number of amides is 2. The number of aliphatic hydroxyl groups is 1. The van der Waals surface area contributed by atoms with Crippen LogP contribution in [-0.4, -0.2) is 67.5 Å². The van der Waals surface area contributed by atoms with E-state index in [1.165, 1.54) is 77.0 Å². The van der Waals surface area contributed by atoms with E-state index in [1.807, 2.05) is 6.92 Å². The first-order valence-corrected chi connectivity index (χ1v) is 18.4. The molecule has 0 aromatic carbocycles. The number of ether oxygens (including phenoxy) is 1. The predicted molar refractivity (Wildman–Crippen MR) is 186 cm³/mol. The highest BCUT2D eigenvalue weighted by molar-refractivity contribution is 5.81. The maximum absolute atomic E-state index is 13.4. The van der Waals surface area contributed by atoms with Gasteiger partial charge < -0.3 is 25.4 Å². The van der Waals surface area contributed by atoms with Crippen LogP contribution < -0.4 is 11.1 Å². The second-order valence-electron chi connectivity index (χ2n) is 13.9. The highest BCUT2D eigenvalue weighted by Crippen LogP contribution is 2.26. The lowest BCUT2D eigenvalue weighted by Crippen LogP contribution is -2.47. The minimum atomic E-state index is -1.09. The van der Waals surface area contributed by atoms with Gasteiger partial charge in [-0.3, -0.25) is 9.59 Å². The largest absolute Gasteiger partial charge is 0.374 e. The van der Waals surface area contributed by atoms with Gasteiger partial charge in [-0.2, -0.15) is 0 Å². The van der Waals surface area contributed by atoms with Gasteiger partial charge in [0.15, 0.2) is 6.23 Å². The van der Waals surface area contributed by atoms with Gasteiger partial charge in [-0.05, 0) is 71.6 Å². The fraction of sp³-hybridized carbons (Fsp3) is 0.892. The van der Waals surface area contributed by atoms with Crippen LogP contribution in [0.1, 0.15) is 150 Å². The number of quaternary nitrogens is 1. The molecule has 2 amide bonds. The van der Waals surface area contributed by atoms with Crippen molar-refractivity contribution in [3.8, 4) is 0 Å². The van der Waals surface area contributed by atoms with E-state index in [4.69, 9.17) is 10.5 Å². The van der Waals surface area contributed by atoms with Crippen molar-refractivity contribution in [1.29, 1.82) is 0 Å². The van der Waals surface area contributed by atoms with Crippen molar-refractivity contribution in [3.05, 3.63) is 12.2 Å². The van der Waals surface area contributed by atoms with Crippen LogP contribution in [0.5, 0.6) is 0 Å². The molecule has 0 spiro atoms. The Hall–Kier alpha value is -1.44. The summed E-state index contributed by atoms with van der Waals surface area (Å²) in [5, 5.41) is 13.5. The predicted octanol–water partition coefficient (Wildman–Crippen LogP) is 7.89. The van der Waals surface area contributed by atoms with E-state index in [-0.39, 0.29) is 23.7 Å². The molecule has 5 atom stereocenters. The van der Waals surface area contributed by atoms with Gasteiger partial charge in [0, 0.05) is 24.4 Å². The third kappa shape index (κ3) is 22.1. The molecule has 260 valence electrons. The van der Waals surface area contributed by atoms with E-state index in [9.17, 15) is 14.7 Å². The van der Waals surface area contributed by atoms with Crippen LogP contribution in [0.4, 0.5) is 0 Å². The van der Waals surface area contributed by atoms with E-state index in [2.05, 4.69) is 52.3 Å². The van der Waals surface area contributed by atoms with Crippen LogP contribution >= 0.6 is 0 Å². The summed E-state index contributed by atoms with van der Waals surface area (Å²) in [6.07, 6.45) is 23.4. The zero-order chi connectivity index (χ0) is 33.2. The van der Waals surface area contributed by atoms with Gasteiger partial charge in [-0.1, -0.05) is 90.7 Å². The average Bonchev–Trinajstić information content (AvgIpc) is 2.99. The molecule has 0 aliphatic heterocycles. The van der Waals surface area contributed by atoms with Crippen LogP contribution in [0, 0.1) is 17.8 Å². The van der Waals surface area contributed by atoms with E-state index in [0.29, 0.717) is 31.8 Å². The number of aliphatic hydroxyl groups excluding tert-OH is 1. The first-order valence-electron chi connectivity index (χ1n) is 18.4. The Morgan fingerprint density at radius 1 is 0.795 bits per heavy atom. The van der Waals surface area contributed by atoms with Gasteiger partial charge >= 0.3 is 0 Å². The minimum absolute atomic E-state index is 0.217. The zero-order valence-electron chi connectivity index (χ0n) is 30.1. The molecule has 4 N–H and O–H groups in total. The molecule has 0 radical (unpaired) electrons. The van der Waals surface area contributed by atoms with Crippen LogP contribution in [-0.2, 0) is 14.3 Å². The standard InChI is InChI=1S/C37H73N3O4/c1-8-12-13-14-15-16-17-18-19-20-21-22-23-24-25-26-27-44-31(5)36(42)39-37(43)34(29-33(10-3)35(38)41)28-32(9-2)30-40(6,7)11-4/h18-19,31-34,36,42H,8-17,20-30H2,1-7H3,(H2-,38,39,41,43)/p+1/b19-18+. The van der Waals surface area contributed by atoms with Gasteiger partial charge in [-0.15, -0.1) is 0 Å². The molecule has 7 nitrogen and oxygen atoms in total. The number of carbonyl (C=O) groups is 2. The number of nitrogens with two attached hydrogens (primary N) is 1. The Balaban J connectivity index is 4.38. The molecule has 0 aromatic rings. The number of unbranched alkanes of at least 4 members (excludes halogenated alkanes) is 12.